The van der Waals surface area contributed by atoms with Gasteiger partial charge in [-0.1, -0.05) is 35.9 Å². The van der Waals surface area contributed by atoms with E-state index in [4.69, 9.17) is 11.6 Å². The van der Waals surface area contributed by atoms with Crippen LogP contribution in [0.1, 0.15) is 28.4 Å². The number of hydrogen-bond acceptors (Lipinski definition) is 1. The fraction of sp³-hybridized carbons (Fsp3) is 0.200. The van der Waals surface area contributed by atoms with Crippen LogP contribution in [0, 0.1) is 19.7 Å². The summed E-state index contributed by atoms with van der Waals surface area (Å²) >= 11 is 6.03. The van der Waals surface area contributed by atoms with Crippen molar-refractivity contribution in [1.82, 2.24) is 0 Å². The smallest absolute Gasteiger partial charge is 0.126 e. The third kappa shape index (κ3) is 2.55. The Morgan fingerprint density at radius 2 is 1.61 bits per heavy atom. The maximum absolute atomic E-state index is 13.2. The summed E-state index contributed by atoms with van der Waals surface area (Å²) in [7, 11) is 0. The van der Waals surface area contributed by atoms with E-state index in [2.05, 4.69) is 0 Å². The molecule has 0 aliphatic heterocycles. The lowest BCUT2D eigenvalue weighted by molar-refractivity contribution is 0.220. The molecular formula is C15H14ClFO. The topological polar surface area (TPSA) is 20.2 Å². The molecule has 18 heavy (non-hydrogen) atoms. The number of aliphatic hydroxyl groups excluding tert-OH is 1. The van der Waals surface area contributed by atoms with Crippen molar-refractivity contribution in [3.05, 3.63) is 69.5 Å². The Balaban J connectivity index is 2.37. The molecule has 2 aromatic carbocycles. The summed E-state index contributed by atoms with van der Waals surface area (Å²) in [5, 5.41) is 10.9. The predicted molar refractivity (Wildman–Crippen MR) is 71.4 cm³/mol. The van der Waals surface area contributed by atoms with E-state index in [0.717, 1.165) is 5.56 Å². The number of hydrogen-bond donors (Lipinski definition) is 1. The van der Waals surface area contributed by atoms with E-state index in [0.29, 0.717) is 21.7 Å². The second kappa shape index (κ2) is 5.09. The SMILES string of the molecule is Cc1cc(C(O)c2ccc(C)c(Cl)c2)ccc1F. The van der Waals surface area contributed by atoms with Crippen molar-refractivity contribution >= 4 is 11.6 Å². The highest BCUT2D eigenvalue weighted by molar-refractivity contribution is 6.31. The van der Waals surface area contributed by atoms with E-state index < -0.39 is 6.10 Å². The summed E-state index contributed by atoms with van der Waals surface area (Å²) in [6, 6.07) is 10.0. The van der Waals surface area contributed by atoms with Crippen molar-refractivity contribution in [3.8, 4) is 0 Å². The van der Waals surface area contributed by atoms with Crippen LogP contribution in [0.15, 0.2) is 36.4 Å². The van der Waals surface area contributed by atoms with Gasteiger partial charge in [0.1, 0.15) is 11.9 Å². The molecule has 0 aromatic heterocycles. The molecule has 0 radical (unpaired) electrons. The van der Waals surface area contributed by atoms with Crippen LogP contribution in [0.25, 0.3) is 0 Å². The van der Waals surface area contributed by atoms with Crippen molar-refractivity contribution in [2.75, 3.05) is 0 Å². The van der Waals surface area contributed by atoms with Gasteiger partial charge in [0.25, 0.3) is 0 Å². The first-order valence-electron chi connectivity index (χ1n) is 5.69. The van der Waals surface area contributed by atoms with E-state index in [1.165, 1.54) is 6.07 Å². The van der Waals surface area contributed by atoms with Crippen LogP contribution in [0.5, 0.6) is 0 Å². The molecule has 3 heteroatoms. The lowest BCUT2D eigenvalue weighted by Gasteiger charge is -2.13. The molecule has 0 saturated carbocycles. The van der Waals surface area contributed by atoms with Gasteiger partial charge in [0.15, 0.2) is 0 Å². The molecule has 1 N–H and O–H groups in total. The fourth-order valence-electron chi connectivity index (χ4n) is 1.81. The minimum Gasteiger partial charge on any atom is -0.384 e. The van der Waals surface area contributed by atoms with Crippen LogP contribution in [-0.2, 0) is 0 Å². The van der Waals surface area contributed by atoms with Crippen molar-refractivity contribution in [2.24, 2.45) is 0 Å². The molecule has 1 atom stereocenters. The molecule has 0 bridgehead atoms. The molecule has 2 rings (SSSR count). The molecule has 94 valence electrons. The number of halogens is 2. The van der Waals surface area contributed by atoms with E-state index in [9.17, 15) is 9.50 Å². The Morgan fingerprint density at radius 1 is 1.00 bits per heavy atom. The van der Waals surface area contributed by atoms with Crippen molar-refractivity contribution < 1.29 is 9.50 Å². The lowest BCUT2D eigenvalue weighted by atomic mass is 9.99. The van der Waals surface area contributed by atoms with Crippen LogP contribution < -0.4 is 0 Å². The summed E-state index contributed by atoms with van der Waals surface area (Å²) < 4.78 is 13.2. The monoisotopic (exact) mass is 264 g/mol. The molecule has 0 spiro atoms. The van der Waals surface area contributed by atoms with Crippen molar-refractivity contribution in [2.45, 2.75) is 20.0 Å². The van der Waals surface area contributed by atoms with Crippen molar-refractivity contribution in [1.29, 1.82) is 0 Å². The maximum Gasteiger partial charge on any atom is 0.126 e. The summed E-state index contributed by atoms with van der Waals surface area (Å²) in [6.45, 7) is 3.58. The first kappa shape index (κ1) is 13.1. The highest BCUT2D eigenvalue weighted by Crippen LogP contribution is 2.27. The van der Waals surface area contributed by atoms with Crippen LogP contribution in [-0.4, -0.2) is 5.11 Å². The van der Waals surface area contributed by atoms with Gasteiger partial charge in [0, 0.05) is 5.02 Å². The molecule has 0 heterocycles. The normalized spacial score (nSPS) is 12.5. The Bertz CT molecular complexity index is 529. The summed E-state index contributed by atoms with van der Waals surface area (Å²) in [6.07, 6.45) is -0.789. The molecule has 0 aliphatic rings. The molecule has 1 unspecified atom stereocenters. The minimum absolute atomic E-state index is 0.270. The minimum atomic E-state index is -0.789. The zero-order chi connectivity index (χ0) is 13.3. The number of rotatable bonds is 2. The Hall–Kier alpha value is -1.38. The second-order valence-electron chi connectivity index (χ2n) is 4.42. The third-order valence-electron chi connectivity index (χ3n) is 3.01. The standard InChI is InChI=1S/C15H14ClFO/c1-9-3-4-12(8-13(9)16)15(18)11-5-6-14(17)10(2)7-11/h3-8,15,18H,1-2H3. The number of aliphatic hydroxyl groups is 1. The van der Waals surface area contributed by atoms with Gasteiger partial charge in [-0.15, -0.1) is 0 Å². The van der Waals surface area contributed by atoms with Gasteiger partial charge in [-0.2, -0.15) is 0 Å². The summed E-state index contributed by atoms with van der Waals surface area (Å²) in [5.74, 6) is -0.270. The average Bonchev–Trinajstić information content (AvgIpc) is 2.35. The first-order valence-corrected chi connectivity index (χ1v) is 6.07. The maximum atomic E-state index is 13.2. The average molecular weight is 265 g/mol. The quantitative estimate of drug-likeness (QED) is 0.863. The Kier molecular flexibility index (Phi) is 3.69. The van der Waals surface area contributed by atoms with Gasteiger partial charge < -0.3 is 5.11 Å². The van der Waals surface area contributed by atoms with Crippen molar-refractivity contribution in [3.63, 3.8) is 0 Å². The summed E-state index contributed by atoms with van der Waals surface area (Å²) in [5.41, 5.74) is 2.85. The summed E-state index contributed by atoms with van der Waals surface area (Å²) in [4.78, 5) is 0. The second-order valence-corrected chi connectivity index (χ2v) is 4.83. The molecule has 0 aliphatic carbocycles. The van der Waals surface area contributed by atoms with Gasteiger partial charge >= 0.3 is 0 Å². The third-order valence-corrected chi connectivity index (χ3v) is 3.42. The molecule has 0 saturated heterocycles. The Morgan fingerprint density at radius 3 is 2.22 bits per heavy atom. The van der Waals surface area contributed by atoms with Gasteiger partial charge in [-0.3, -0.25) is 0 Å². The molecule has 2 aromatic rings. The van der Waals surface area contributed by atoms with Gasteiger partial charge in [-0.25, -0.2) is 4.39 Å². The zero-order valence-corrected chi connectivity index (χ0v) is 11.0. The van der Waals surface area contributed by atoms with Gasteiger partial charge in [0.05, 0.1) is 0 Å². The number of aryl methyl sites for hydroxylation is 2. The van der Waals surface area contributed by atoms with Crippen LogP contribution in [0.4, 0.5) is 4.39 Å². The first-order chi connectivity index (χ1) is 8.49. The van der Waals surface area contributed by atoms with Crippen LogP contribution >= 0.6 is 11.6 Å². The fourth-order valence-corrected chi connectivity index (χ4v) is 2.00. The van der Waals surface area contributed by atoms with Crippen LogP contribution in [0.2, 0.25) is 5.02 Å². The predicted octanol–water partition coefficient (Wildman–Crippen LogP) is 4.18. The highest BCUT2D eigenvalue weighted by Gasteiger charge is 2.12. The van der Waals surface area contributed by atoms with Gasteiger partial charge in [0.2, 0.25) is 0 Å². The lowest BCUT2D eigenvalue weighted by Crippen LogP contribution is -2.01. The van der Waals surface area contributed by atoms with Crippen LogP contribution in [0.3, 0.4) is 0 Å². The molecule has 0 fully saturated rings. The van der Waals surface area contributed by atoms with E-state index >= 15 is 0 Å². The number of benzene rings is 2. The van der Waals surface area contributed by atoms with E-state index in [1.54, 1.807) is 25.1 Å². The van der Waals surface area contributed by atoms with Gasteiger partial charge in [-0.05, 0) is 48.2 Å². The van der Waals surface area contributed by atoms with E-state index in [-0.39, 0.29) is 5.82 Å². The molecule has 0 amide bonds. The highest BCUT2D eigenvalue weighted by atomic mass is 35.5. The Labute approximate surface area is 111 Å². The largest absolute Gasteiger partial charge is 0.384 e. The molecule has 1 nitrogen and oxygen atoms in total. The zero-order valence-electron chi connectivity index (χ0n) is 10.2. The van der Waals surface area contributed by atoms with E-state index in [1.807, 2.05) is 19.1 Å². The molecular weight excluding hydrogens is 251 g/mol.